The van der Waals surface area contributed by atoms with Gasteiger partial charge in [0.2, 0.25) is 10.0 Å². The molecule has 0 aliphatic carbocycles. The number of ether oxygens (including phenoxy) is 1. The molecule has 0 saturated carbocycles. The molecule has 3 rings (SSSR count). The predicted molar refractivity (Wildman–Crippen MR) is 116 cm³/mol. The number of fused-ring (bicyclic) bond motifs is 1. The average Bonchev–Trinajstić information content (AvgIpc) is 2.94. The van der Waals surface area contributed by atoms with E-state index in [-0.39, 0.29) is 18.5 Å². The molecule has 30 heavy (non-hydrogen) atoms. The number of nitrogens with one attached hydrogen (secondary N) is 1. The summed E-state index contributed by atoms with van der Waals surface area (Å²) in [6.07, 6.45) is 4.58. The first-order valence-corrected chi connectivity index (χ1v) is 12.5. The lowest BCUT2D eigenvalue weighted by Crippen LogP contribution is -2.54. The largest absolute Gasteiger partial charge is 0.378 e. The summed E-state index contributed by atoms with van der Waals surface area (Å²) < 4.78 is 34.2. The number of hydrogen-bond donors (Lipinski definition) is 1. The first-order chi connectivity index (χ1) is 14.4. The Kier molecular flexibility index (Phi) is 8.06. The summed E-state index contributed by atoms with van der Waals surface area (Å²) >= 11 is 0. The molecule has 11 heteroatoms. The Labute approximate surface area is 179 Å². The van der Waals surface area contributed by atoms with Crippen LogP contribution in [-0.4, -0.2) is 90.0 Å². The number of guanidine groups is 1. The van der Waals surface area contributed by atoms with Crippen molar-refractivity contribution in [3.05, 3.63) is 11.6 Å². The minimum Gasteiger partial charge on any atom is -0.378 e. The van der Waals surface area contributed by atoms with Crippen LogP contribution in [0.1, 0.15) is 44.8 Å². The van der Waals surface area contributed by atoms with Crippen LogP contribution in [0.25, 0.3) is 0 Å². The zero-order valence-corrected chi connectivity index (χ0v) is 19.2. The number of nitrogens with zero attached hydrogens (tertiary/aromatic N) is 6. The summed E-state index contributed by atoms with van der Waals surface area (Å²) in [5, 5.41) is 12.1. The van der Waals surface area contributed by atoms with Gasteiger partial charge < -0.3 is 19.5 Å². The van der Waals surface area contributed by atoms with Gasteiger partial charge >= 0.3 is 0 Å². The summed E-state index contributed by atoms with van der Waals surface area (Å²) in [5.74, 6) is 2.79. The van der Waals surface area contributed by atoms with Crippen molar-refractivity contribution in [3.63, 3.8) is 0 Å². The summed E-state index contributed by atoms with van der Waals surface area (Å²) in [4.78, 5) is 6.48. The number of rotatable bonds is 7. The van der Waals surface area contributed by atoms with Gasteiger partial charge in [-0.05, 0) is 26.7 Å². The lowest BCUT2D eigenvalue weighted by atomic mass is 10.2. The van der Waals surface area contributed by atoms with E-state index in [4.69, 9.17) is 4.74 Å². The number of aliphatic imine (C=N–C) groups is 1. The van der Waals surface area contributed by atoms with Crippen molar-refractivity contribution < 1.29 is 13.2 Å². The van der Waals surface area contributed by atoms with Crippen LogP contribution >= 0.6 is 0 Å². The molecule has 170 valence electrons. The first-order valence-electron chi connectivity index (χ1n) is 10.9. The van der Waals surface area contributed by atoms with Crippen LogP contribution in [0.15, 0.2) is 4.99 Å². The van der Waals surface area contributed by atoms with E-state index in [1.807, 2.05) is 13.8 Å². The van der Waals surface area contributed by atoms with Crippen LogP contribution in [0.5, 0.6) is 0 Å². The quantitative estimate of drug-likeness (QED) is 0.484. The summed E-state index contributed by atoms with van der Waals surface area (Å²) in [6, 6.07) is 0. The van der Waals surface area contributed by atoms with E-state index >= 15 is 0 Å². The van der Waals surface area contributed by atoms with E-state index in [0.29, 0.717) is 32.7 Å². The van der Waals surface area contributed by atoms with Gasteiger partial charge in [-0.2, -0.15) is 4.31 Å². The second kappa shape index (κ2) is 10.5. The highest BCUT2D eigenvalue weighted by atomic mass is 32.2. The molecule has 1 aromatic rings. The van der Waals surface area contributed by atoms with Crippen LogP contribution in [0, 0.1) is 0 Å². The number of aryl methyl sites for hydroxylation is 1. The van der Waals surface area contributed by atoms with Crippen molar-refractivity contribution in [1.82, 2.24) is 29.3 Å². The SMILES string of the molecule is CN=C(NCc1nnc2n1CCCCC2)N1CCN(S(=O)(=O)CCOC(C)C)CC1. The number of aromatic nitrogens is 3. The fourth-order valence-corrected chi connectivity index (χ4v) is 5.15. The number of sulfonamides is 1. The fraction of sp³-hybridized carbons (Fsp3) is 0.842. The molecule has 0 atom stereocenters. The average molecular weight is 442 g/mol. The van der Waals surface area contributed by atoms with E-state index in [1.54, 1.807) is 11.4 Å². The van der Waals surface area contributed by atoms with Gasteiger partial charge in [0.1, 0.15) is 5.82 Å². The molecule has 3 heterocycles. The van der Waals surface area contributed by atoms with Gasteiger partial charge in [0.25, 0.3) is 0 Å². The van der Waals surface area contributed by atoms with E-state index < -0.39 is 10.0 Å². The molecule has 2 aliphatic rings. The smallest absolute Gasteiger partial charge is 0.216 e. The molecular weight excluding hydrogens is 406 g/mol. The molecule has 1 aromatic heterocycles. The third-order valence-electron chi connectivity index (χ3n) is 5.53. The highest BCUT2D eigenvalue weighted by Gasteiger charge is 2.28. The second-order valence-corrected chi connectivity index (χ2v) is 10.1. The Morgan fingerprint density at radius 2 is 1.90 bits per heavy atom. The zero-order valence-electron chi connectivity index (χ0n) is 18.4. The van der Waals surface area contributed by atoms with Crippen molar-refractivity contribution >= 4 is 16.0 Å². The Bertz CT molecular complexity index is 814. The molecule has 1 fully saturated rings. The highest BCUT2D eigenvalue weighted by molar-refractivity contribution is 7.89. The van der Waals surface area contributed by atoms with Gasteiger partial charge in [-0.3, -0.25) is 4.99 Å². The molecular formula is C19H35N7O3S. The predicted octanol–water partition coefficient (Wildman–Crippen LogP) is 0.452. The third kappa shape index (κ3) is 5.92. The third-order valence-corrected chi connectivity index (χ3v) is 7.36. The molecule has 0 spiro atoms. The van der Waals surface area contributed by atoms with Gasteiger partial charge in [0.05, 0.1) is 25.0 Å². The fourth-order valence-electron chi connectivity index (χ4n) is 3.86. The van der Waals surface area contributed by atoms with Crippen molar-refractivity contribution in [1.29, 1.82) is 0 Å². The van der Waals surface area contributed by atoms with Crippen molar-refractivity contribution in [2.24, 2.45) is 4.99 Å². The maximum atomic E-state index is 12.5. The van der Waals surface area contributed by atoms with E-state index in [0.717, 1.165) is 37.0 Å². The molecule has 0 aromatic carbocycles. The van der Waals surface area contributed by atoms with Crippen molar-refractivity contribution in [3.8, 4) is 0 Å². The van der Waals surface area contributed by atoms with Crippen molar-refractivity contribution in [2.45, 2.75) is 58.7 Å². The summed E-state index contributed by atoms with van der Waals surface area (Å²) in [7, 11) is -1.55. The molecule has 1 saturated heterocycles. The number of hydrogen-bond acceptors (Lipinski definition) is 6. The highest BCUT2D eigenvalue weighted by Crippen LogP contribution is 2.14. The minimum absolute atomic E-state index is 0.0240. The van der Waals surface area contributed by atoms with Crippen LogP contribution in [0.3, 0.4) is 0 Å². The molecule has 0 amide bonds. The van der Waals surface area contributed by atoms with Gasteiger partial charge in [-0.25, -0.2) is 8.42 Å². The van der Waals surface area contributed by atoms with Crippen LogP contribution in [0.4, 0.5) is 0 Å². The van der Waals surface area contributed by atoms with E-state index in [2.05, 4.69) is 30.0 Å². The second-order valence-electron chi connectivity index (χ2n) is 8.02. The Balaban J connectivity index is 1.50. The van der Waals surface area contributed by atoms with Crippen LogP contribution in [-0.2, 0) is 34.3 Å². The van der Waals surface area contributed by atoms with Gasteiger partial charge in [0.15, 0.2) is 11.8 Å². The lowest BCUT2D eigenvalue weighted by molar-refractivity contribution is 0.0904. The lowest BCUT2D eigenvalue weighted by Gasteiger charge is -2.35. The Hall–Kier alpha value is -1.72. The topological polar surface area (TPSA) is 105 Å². The summed E-state index contributed by atoms with van der Waals surface area (Å²) in [6.45, 7) is 7.66. The van der Waals surface area contributed by atoms with Crippen LogP contribution in [0.2, 0.25) is 0 Å². The minimum atomic E-state index is -3.30. The number of piperazine rings is 1. The zero-order chi connectivity index (χ0) is 21.6. The van der Waals surface area contributed by atoms with Crippen molar-refractivity contribution in [2.75, 3.05) is 45.6 Å². The van der Waals surface area contributed by atoms with E-state index in [9.17, 15) is 8.42 Å². The maximum absolute atomic E-state index is 12.5. The standard InChI is InChI=1S/C19H35N7O3S/c1-16(2)29-13-14-30(27,28)25-11-9-24(10-12-25)19(20-3)21-15-18-23-22-17-7-5-4-6-8-26(17)18/h16H,4-15H2,1-3H3,(H,20,21). The van der Waals surface area contributed by atoms with Gasteiger partial charge in [-0.1, -0.05) is 6.42 Å². The van der Waals surface area contributed by atoms with E-state index in [1.165, 1.54) is 12.8 Å². The monoisotopic (exact) mass is 441 g/mol. The molecule has 2 aliphatic heterocycles. The van der Waals surface area contributed by atoms with Gasteiger partial charge in [-0.15, -0.1) is 10.2 Å². The maximum Gasteiger partial charge on any atom is 0.216 e. The first kappa shape index (κ1) is 23.0. The van der Waals surface area contributed by atoms with Crippen LogP contribution < -0.4 is 5.32 Å². The summed E-state index contributed by atoms with van der Waals surface area (Å²) in [5.41, 5.74) is 0. The molecule has 0 radical (unpaired) electrons. The normalized spacial score (nSPS) is 19.1. The molecule has 0 unspecified atom stereocenters. The van der Waals surface area contributed by atoms with Gasteiger partial charge in [0, 0.05) is 46.2 Å². The molecule has 10 nitrogen and oxygen atoms in total. The molecule has 0 bridgehead atoms. The Morgan fingerprint density at radius 3 is 2.60 bits per heavy atom. The Morgan fingerprint density at radius 1 is 1.13 bits per heavy atom. The molecule has 1 N–H and O–H groups in total.